The van der Waals surface area contributed by atoms with Crippen molar-refractivity contribution >= 4 is 33.5 Å². The highest BCUT2D eigenvalue weighted by Gasteiger charge is 2.30. The molecule has 3 N–H and O–H groups in total. The van der Waals surface area contributed by atoms with E-state index in [1.807, 2.05) is 0 Å². The Kier molecular flexibility index (Phi) is 6.59. The molecule has 1 aliphatic heterocycles. The average Bonchev–Trinajstić information content (AvgIpc) is 2.72. The van der Waals surface area contributed by atoms with Gasteiger partial charge in [0.15, 0.2) is 5.69 Å². The smallest absolute Gasteiger partial charge is 0.322 e. The number of aromatic nitrogens is 1. The Hall–Kier alpha value is -2.69. The standard InChI is InChI=1S/C19H20ClN3O6S/c20-14-1-3-15(4-2-14)30(28,29)23-7-5-12(6-8-23)13-9-16(24)18(21-10-13)19(27)22-11-17(25)26/h1-4,9-10,12,24H,5-8,11H2,(H,22,27)(H,25,26). The molecule has 1 aliphatic rings. The summed E-state index contributed by atoms with van der Waals surface area (Å²) < 4.78 is 26.9. The minimum absolute atomic E-state index is 0.0313. The van der Waals surface area contributed by atoms with Gasteiger partial charge in [-0.3, -0.25) is 9.59 Å². The molecule has 1 aromatic heterocycles. The maximum Gasteiger partial charge on any atom is 0.322 e. The summed E-state index contributed by atoms with van der Waals surface area (Å²) >= 11 is 5.82. The molecule has 11 heteroatoms. The third kappa shape index (κ3) is 4.89. The first-order chi connectivity index (χ1) is 14.2. The Bertz CT molecular complexity index is 1050. The number of carbonyl (C=O) groups excluding carboxylic acids is 1. The molecule has 160 valence electrons. The van der Waals surface area contributed by atoms with E-state index in [0.29, 0.717) is 36.5 Å². The summed E-state index contributed by atoms with van der Waals surface area (Å²) in [7, 11) is -3.62. The van der Waals surface area contributed by atoms with Crippen LogP contribution >= 0.6 is 11.6 Å². The molecule has 1 saturated heterocycles. The number of aromatic hydroxyl groups is 1. The van der Waals surface area contributed by atoms with Crippen LogP contribution in [0.3, 0.4) is 0 Å². The van der Waals surface area contributed by atoms with Crippen LogP contribution in [0.1, 0.15) is 34.8 Å². The Morgan fingerprint density at radius 2 is 1.83 bits per heavy atom. The quantitative estimate of drug-likeness (QED) is 0.606. The highest BCUT2D eigenvalue weighted by molar-refractivity contribution is 7.89. The second-order valence-electron chi connectivity index (χ2n) is 6.85. The zero-order valence-corrected chi connectivity index (χ0v) is 17.4. The largest absolute Gasteiger partial charge is 0.505 e. The van der Waals surface area contributed by atoms with Gasteiger partial charge in [0.05, 0.1) is 4.90 Å². The van der Waals surface area contributed by atoms with Crippen LogP contribution in [0.5, 0.6) is 5.75 Å². The lowest BCUT2D eigenvalue weighted by Gasteiger charge is -2.31. The summed E-state index contributed by atoms with van der Waals surface area (Å²) in [6, 6.07) is 7.42. The Labute approximate surface area is 178 Å². The monoisotopic (exact) mass is 453 g/mol. The number of hydrogen-bond acceptors (Lipinski definition) is 6. The van der Waals surface area contributed by atoms with E-state index in [9.17, 15) is 23.1 Å². The molecule has 0 radical (unpaired) electrons. The van der Waals surface area contributed by atoms with Crippen molar-refractivity contribution in [3.8, 4) is 5.75 Å². The summed E-state index contributed by atoms with van der Waals surface area (Å²) in [4.78, 5) is 26.6. The average molecular weight is 454 g/mol. The lowest BCUT2D eigenvalue weighted by atomic mass is 9.91. The molecular weight excluding hydrogens is 434 g/mol. The zero-order valence-electron chi connectivity index (χ0n) is 15.8. The number of piperidine rings is 1. The van der Waals surface area contributed by atoms with E-state index in [4.69, 9.17) is 16.7 Å². The van der Waals surface area contributed by atoms with Gasteiger partial charge in [-0.15, -0.1) is 0 Å². The second kappa shape index (κ2) is 8.99. The van der Waals surface area contributed by atoms with E-state index in [1.165, 1.54) is 40.8 Å². The predicted molar refractivity (Wildman–Crippen MR) is 108 cm³/mol. The highest BCUT2D eigenvalue weighted by atomic mass is 35.5. The van der Waals surface area contributed by atoms with Crippen molar-refractivity contribution in [1.82, 2.24) is 14.6 Å². The number of nitrogens with zero attached hydrogens (tertiary/aromatic N) is 2. The van der Waals surface area contributed by atoms with E-state index in [1.54, 1.807) is 0 Å². The second-order valence-corrected chi connectivity index (χ2v) is 9.22. The fraction of sp³-hybridized carbons (Fsp3) is 0.316. The van der Waals surface area contributed by atoms with Gasteiger partial charge in [0.25, 0.3) is 5.91 Å². The minimum atomic E-state index is -3.62. The fourth-order valence-electron chi connectivity index (χ4n) is 3.29. The molecule has 0 saturated carbocycles. The first-order valence-electron chi connectivity index (χ1n) is 9.13. The van der Waals surface area contributed by atoms with Gasteiger partial charge < -0.3 is 15.5 Å². The number of amides is 1. The van der Waals surface area contributed by atoms with Gasteiger partial charge in [0, 0.05) is 24.3 Å². The number of aliphatic carboxylic acids is 1. The van der Waals surface area contributed by atoms with Crippen molar-refractivity contribution in [3.05, 3.63) is 52.8 Å². The summed E-state index contributed by atoms with van der Waals surface area (Å²) in [5.41, 5.74) is 0.425. The summed E-state index contributed by atoms with van der Waals surface area (Å²) in [5.74, 6) is -2.38. The Morgan fingerprint density at radius 1 is 1.20 bits per heavy atom. The number of rotatable bonds is 6. The topological polar surface area (TPSA) is 137 Å². The van der Waals surface area contributed by atoms with Crippen LogP contribution in [-0.4, -0.2) is 59.4 Å². The van der Waals surface area contributed by atoms with Crippen LogP contribution in [0.25, 0.3) is 0 Å². The highest BCUT2D eigenvalue weighted by Crippen LogP contribution is 2.32. The molecule has 9 nitrogen and oxygen atoms in total. The number of carboxylic acid groups (broad SMARTS) is 1. The van der Waals surface area contributed by atoms with E-state index in [2.05, 4.69) is 10.3 Å². The number of pyridine rings is 1. The van der Waals surface area contributed by atoms with E-state index >= 15 is 0 Å². The number of benzene rings is 1. The van der Waals surface area contributed by atoms with Gasteiger partial charge in [-0.05, 0) is 54.7 Å². The molecule has 0 bridgehead atoms. The minimum Gasteiger partial charge on any atom is -0.505 e. The van der Waals surface area contributed by atoms with Crippen molar-refractivity contribution < 1.29 is 28.2 Å². The molecule has 2 heterocycles. The van der Waals surface area contributed by atoms with Crippen LogP contribution in [0.2, 0.25) is 5.02 Å². The third-order valence-electron chi connectivity index (χ3n) is 4.88. The van der Waals surface area contributed by atoms with Gasteiger partial charge in [-0.2, -0.15) is 4.31 Å². The molecule has 1 aromatic carbocycles. The molecule has 30 heavy (non-hydrogen) atoms. The normalized spacial score (nSPS) is 15.6. The van der Waals surface area contributed by atoms with Crippen LogP contribution in [-0.2, 0) is 14.8 Å². The van der Waals surface area contributed by atoms with E-state index in [-0.39, 0.29) is 22.3 Å². The molecule has 0 unspecified atom stereocenters. The summed E-state index contributed by atoms with van der Waals surface area (Å²) in [5, 5.41) is 21.3. The van der Waals surface area contributed by atoms with Crippen LogP contribution in [0, 0.1) is 0 Å². The van der Waals surface area contributed by atoms with E-state index < -0.39 is 28.4 Å². The fourth-order valence-corrected chi connectivity index (χ4v) is 4.89. The lowest BCUT2D eigenvalue weighted by molar-refractivity contribution is -0.135. The lowest BCUT2D eigenvalue weighted by Crippen LogP contribution is -2.37. The van der Waals surface area contributed by atoms with Crippen molar-refractivity contribution in [2.75, 3.05) is 19.6 Å². The number of sulfonamides is 1. The number of carboxylic acids is 1. The molecule has 1 fully saturated rings. The molecule has 0 atom stereocenters. The number of hydrogen-bond donors (Lipinski definition) is 3. The number of nitrogens with one attached hydrogen (secondary N) is 1. The van der Waals surface area contributed by atoms with Crippen molar-refractivity contribution in [2.24, 2.45) is 0 Å². The maximum atomic E-state index is 12.8. The van der Waals surface area contributed by atoms with Gasteiger partial charge in [0.1, 0.15) is 12.3 Å². The van der Waals surface area contributed by atoms with Crippen LogP contribution < -0.4 is 5.32 Å². The van der Waals surface area contributed by atoms with E-state index in [0.717, 1.165) is 0 Å². The van der Waals surface area contributed by atoms with Gasteiger partial charge in [-0.1, -0.05) is 11.6 Å². The number of halogens is 1. The summed E-state index contributed by atoms with van der Waals surface area (Å²) in [6.07, 6.45) is 2.50. The Morgan fingerprint density at radius 3 is 2.40 bits per heavy atom. The predicted octanol–water partition coefficient (Wildman–Crippen LogP) is 1.82. The molecule has 1 amide bonds. The Balaban J connectivity index is 1.66. The third-order valence-corrected chi connectivity index (χ3v) is 7.05. The van der Waals surface area contributed by atoms with Gasteiger partial charge in [-0.25, -0.2) is 13.4 Å². The zero-order chi connectivity index (χ0) is 21.9. The van der Waals surface area contributed by atoms with Crippen molar-refractivity contribution in [2.45, 2.75) is 23.7 Å². The van der Waals surface area contributed by atoms with Crippen molar-refractivity contribution in [1.29, 1.82) is 0 Å². The number of carbonyl (C=O) groups is 2. The van der Waals surface area contributed by atoms with Crippen LogP contribution in [0.15, 0.2) is 41.4 Å². The molecule has 3 rings (SSSR count). The van der Waals surface area contributed by atoms with Gasteiger partial charge in [0.2, 0.25) is 10.0 Å². The van der Waals surface area contributed by atoms with Gasteiger partial charge >= 0.3 is 5.97 Å². The van der Waals surface area contributed by atoms with Crippen LogP contribution in [0.4, 0.5) is 0 Å². The summed E-state index contributed by atoms with van der Waals surface area (Å²) in [6.45, 7) is 0.0245. The first-order valence-corrected chi connectivity index (χ1v) is 10.9. The molecule has 2 aromatic rings. The molecule has 0 spiro atoms. The SMILES string of the molecule is O=C(O)CNC(=O)c1ncc(C2CCN(S(=O)(=O)c3ccc(Cl)cc3)CC2)cc1O. The first kappa shape index (κ1) is 22.0. The van der Waals surface area contributed by atoms with Crippen molar-refractivity contribution in [3.63, 3.8) is 0 Å². The molecule has 0 aliphatic carbocycles. The molecular formula is C19H20ClN3O6S. The maximum absolute atomic E-state index is 12.8.